The quantitative estimate of drug-likeness (QED) is 0.475. The number of thiophene rings is 1. The number of hydrogen-bond acceptors (Lipinski definition) is 4. The van der Waals surface area contributed by atoms with E-state index in [0.717, 1.165) is 16.1 Å². The molecule has 1 fully saturated rings. The van der Waals surface area contributed by atoms with E-state index in [-0.39, 0.29) is 29.7 Å². The Balaban J connectivity index is 1.57. The van der Waals surface area contributed by atoms with Crippen LogP contribution in [0.4, 0.5) is 17.1 Å². The van der Waals surface area contributed by atoms with Crippen LogP contribution in [0.25, 0.3) is 0 Å². The van der Waals surface area contributed by atoms with Gasteiger partial charge in [0.1, 0.15) is 0 Å². The van der Waals surface area contributed by atoms with Crippen molar-refractivity contribution in [1.29, 1.82) is 0 Å². The lowest BCUT2D eigenvalue weighted by molar-refractivity contribution is -0.126. The van der Waals surface area contributed by atoms with Gasteiger partial charge in [0.2, 0.25) is 17.7 Å². The lowest BCUT2D eigenvalue weighted by Crippen LogP contribution is -2.46. The van der Waals surface area contributed by atoms with Crippen molar-refractivity contribution in [3.63, 3.8) is 0 Å². The molecule has 1 aromatic heterocycles. The third kappa shape index (κ3) is 5.20. The number of carbonyl (C=O) groups excluding carboxylic acids is 3. The number of nitrogens with zero attached hydrogens (tertiary/aromatic N) is 1. The molecule has 7 heteroatoms. The average Bonchev–Trinajstić information content (AvgIpc) is 3.35. The molecule has 1 aliphatic rings. The second-order valence-corrected chi connectivity index (χ2v) is 9.89. The minimum absolute atomic E-state index is 0.0246. The molecular weight excluding hydrogens is 446 g/mol. The Morgan fingerprint density at radius 2 is 1.62 bits per heavy atom. The van der Waals surface area contributed by atoms with E-state index in [1.165, 1.54) is 0 Å². The Bertz CT molecular complexity index is 1150. The van der Waals surface area contributed by atoms with E-state index in [9.17, 15) is 14.4 Å². The van der Waals surface area contributed by atoms with E-state index >= 15 is 0 Å². The molecule has 2 aromatic carbocycles. The highest BCUT2D eigenvalue weighted by atomic mass is 32.1. The van der Waals surface area contributed by atoms with Gasteiger partial charge in [0.05, 0.1) is 12.0 Å². The molecule has 0 aliphatic carbocycles. The van der Waals surface area contributed by atoms with Gasteiger partial charge in [-0.15, -0.1) is 11.3 Å². The largest absolute Gasteiger partial charge is 0.326 e. The lowest BCUT2D eigenvalue weighted by atomic mass is 9.86. The summed E-state index contributed by atoms with van der Waals surface area (Å²) in [5.41, 5.74) is 3.25. The molecule has 2 unspecified atom stereocenters. The first-order valence-corrected chi connectivity index (χ1v) is 12.4. The van der Waals surface area contributed by atoms with Crippen LogP contribution in [0.15, 0.2) is 66.0 Å². The average molecular weight is 476 g/mol. The van der Waals surface area contributed by atoms with Crippen LogP contribution < -0.4 is 15.5 Å². The molecule has 0 spiro atoms. The monoisotopic (exact) mass is 475 g/mol. The van der Waals surface area contributed by atoms with Crippen molar-refractivity contribution in [1.82, 2.24) is 0 Å². The van der Waals surface area contributed by atoms with E-state index in [1.54, 1.807) is 40.5 Å². The summed E-state index contributed by atoms with van der Waals surface area (Å²) in [4.78, 5) is 41.2. The Hall–Kier alpha value is -3.45. The van der Waals surface area contributed by atoms with Gasteiger partial charge in [-0.05, 0) is 61.2 Å². The molecule has 3 aromatic rings. The third-order valence-corrected chi connectivity index (χ3v) is 6.97. The fourth-order valence-corrected chi connectivity index (χ4v) is 5.00. The van der Waals surface area contributed by atoms with Gasteiger partial charge in [-0.1, -0.05) is 37.6 Å². The van der Waals surface area contributed by atoms with Gasteiger partial charge in [-0.3, -0.25) is 14.4 Å². The van der Waals surface area contributed by atoms with Gasteiger partial charge >= 0.3 is 0 Å². The molecule has 176 valence electrons. The van der Waals surface area contributed by atoms with Crippen LogP contribution in [0.3, 0.4) is 0 Å². The van der Waals surface area contributed by atoms with Crippen LogP contribution in [0, 0.1) is 18.8 Å². The normalized spacial score (nSPS) is 18.1. The zero-order valence-electron chi connectivity index (χ0n) is 19.6. The number of anilines is 3. The maximum absolute atomic E-state index is 13.4. The predicted octanol–water partition coefficient (Wildman–Crippen LogP) is 5.77. The van der Waals surface area contributed by atoms with Gasteiger partial charge in [0.25, 0.3) is 0 Å². The van der Waals surface area contributed by atoms with Crippen LogP contribution in [-0.4, -0.2) is 17.7 Å². The minimum Gasteiger partial charge on any atom is -0.326 e. The number of benzene rings is 2. The Labute approximate surface area is 204 Å². The fourth-order valence-electron chi connectivity index (χ4n) is 4.12. The summed E-state index contributed by atoms with van der Waals surface area (Å²) in [6.07, 6.45) is 0.798. The maximum Gasteiger partial charge on any atom is 0.229 e. The Kier molecular flexibility index (Phi) is 7.12. The van der Waals surface area contributed by atoms with Crippen LogP contribution in [0.2, 0.25) is 0 Å². The predicted molar refractivity (Wildman–Crippen MR) is 137 cm³/mol. The Morgan fingerprint density at radius 3 is 2.21 bits per heavy atom. The first-order valence-electron chi connectivity index (χ1n) is 11.5. The highest BCUT2D eigenvalue weighted by molar-refractivity contribution is 7.10. The van der Waals surface area contributed by atoms with Crippen LogP contribution in [0.5, 0.6) is 0 Å². The molecular formula is C27H29N3O3S. The maximum atomic E-state index is 13.4. The zero-order valence-corrected chi connectivity index (χ0v) is 20.4. The Morgan fingerprint density at radius 1 is 0.971 bits per heavy atom. The van der Waals surface area contributed by atoms with Crippen molar-refractivity contribution in [2.45, 2.75) is 39.7 Å². The topological polar surface area (TPSA) is 78.5 Å². The molecule has 34 heavy (non-hydrogen) atoms. The van der Waals surface area contributed by atoms with Crippen molar-refractivity contribution in [3.8, 4) is 0 Å². The number of carbonyl (C=O) groups is 3. The van der Waals surface area contributed by atoms with Gasteiger partial charge in [-0.25, -0.2) is 0 Å². The standard InChI is InChI=1S/C27H29N3O3S/c1-17(2)26(32)28-19-8-10-20(11-9-19)29-27(33)22-14-15-24(31)30(21-12-6-18(3)7-13-21)25(22)23-5-4-16-34-23/h4-13,16-17,22,25H,14-15H2,1-3H3,(H,28,32)(H,29,33). The van der Waals surface area contributed by atoms with E-state index in [2.05, 4.69) is 10.6 Å². The molecule has 1 saturated heterocycles. The van der Waals surface area contributed by atoms with Crippen molar-refractivity contribution in [2.24, 2.45) is 11.8 Å². The zero-order chi connectivity index (χ0) is 24.2. The highest BCUT2D eigenvalue weighted by Crippen LogP contribution is 2.42. The minimum atomic E-state index is -0.391. The first kappa shape index (κ1) is 23.7. The molecule has 4 rings (SSSR count). The molecule has 0 bridgehead atoms. The molecule has 3 amide bonds. The molecule has 0 radical (unpaired) electrons. The first-order chi connectivity index (χ1) is 16.3. The van der Waals surface area contributed by atoms with Gasteiger partial charge in [0, 0.05) is 34.3 Å². The molecule has 2 N–H and O–H groups in total. The van der Waals surface area contributed by atoms with Crippen molar-refractivity contribution < 1.29 is 14.4 Å². The molecule has 2 heterocycles. The molecule has 6 nitrogen and oxygen atoms in total. The van der Waals surface area contributed by atoms with Crippen LogP contribution in [0.1, 0.15) is 43.2 Å². The van der Waals surface area contributed by atoms with E-state index < -0.39 is 5.92 Å². The SMILES string of the molecule is Cc1ccc(N2C(=O)CCC(C(=O)Nc3ccc(NC(=O)C(C)C)cc3)C2c2cccs2)cc1. The van der Waals surface area contributed by atoms with Gasteiger partial charge in [0.15, 0.2) is 0 Å². The summed E-state index contributed by atoms with van der Waals surface area (Å²) >= 11 is 1.56. The van der Waals surface area contributed by atoms with Crippen LogP contribution in [-0.2, 0) is 14.4 Å². The summed E-state index contributed by atoms with van der Waals surface area (Å²) in [5.74, 6) is -0.658. The molecule has 2 atom stereocenters. The summed E-state index contributed by atoms with van der Waals surface area (Å²) in [7, 11) is 0. The number of piperidine rings is 1. The molecule has 1 aliphatic heterocycles. The number of hydrogen-bond donors (Lipinski definition) is 2. The second-order valence-electron chi connectivity index (χ2n) is 8.92. The summed E-state index contributed by atoms with van der Waals surface area (Å²) in [6, 6.07) is 18.5. The third-order valence-electron chi connectivity index (χ3n) is 6.03. The van der Waals surface area contributed by atoms with E-state index in [0.29, 0.717) is 24.2 Å². The molecule has 0 saturated carbocycles. The second kappa shape index (κ2) is 10.2. The van der Waals surface area contributed by atoms with Gasteiger partial charge in [-0.2, -0.15) is 0 Å². The van der Waals surface area contributed by atoms with E-state index in [4.69, 9.17) is 0 Å². The van der Waals surface area contributed by atoms with Gasteiger partial charge < -0.3 is 15.5 Å². The summed E-state index contributed by atoms with van der Waals surface area (Å²) in [6.45, 7) is 5.68. The lowest BCUT2D eigenvalue weighted by Gasteiger charge is -2.40. The van der Waals surface area contributed by atoms with Crippen molar-refractivity contribution in [3.05, 3.63) is 76.5 Å². The fraction of sp³-hybridized carbons (Fsp3) is 0.296. The number of aryl methyl sites for hydroxylation is 1. The van der Waals surface area contributed by atoms with Crippen LogP contribution >= 0.6 is 11.3 Å². The smallest absolute Gasteiger partial charge is 0.229 e. The number of nitrogens with one attached hydrogen (secondary N) is 2. The summed E-state index contributed by atoms with van der Waals surface area (Å²) in [5, 5.41) is 7.84. The van der Waals surface area contributed by atoms with E-state index in [1.807, 2.05) is 62.5 Å². The van der Waals surface area contributed by atoms with Crippen molar-refractivity contribution in [2.75, 3.05) is 15.5 Å². The number of rotatable bonds is 6. The highest BCUT2D eigenvalue weighted by Gasteiger charge is 2.42. The summed E-state index contributed by atoms with van der Waals surface area (Å²) < 4.78 is 0. The number of amides is 3. The van der Waals surface area contributed by atoms with Crippen molar-refractivity contribution >= 4 is 46.1 Å².